The summed E-state index contributed by atoms with van der Waals surface area (Å²) in [6, 6.07) is 4.09. The van der Waals surface area contributed by atoms with E-state index in [9.17, 15) is 13.6 Å². The van der Waals surface area contributed by atoms with E-state index >= 15 is 0 Å². The van der Waals surface area contributed by atoms with Crippen LogP contribution in [0.5, 0.6) is 11.5 Å². The number of esters is 1. The molecule has 0 fully saturated rings. The van der Waals surface area contributed by atoms with Crippen molar-refractivity contribution in [3.63, 3.8) is 0 Å². The van der Waals surface area contributed by atoms with Crippen molar-refractivity contribution in [1.29, 1.82) is 0 Å². The predicted octanol–water partition coefficient (Wildman–Crippen LogP) is 4.00. The van der Waals surface area contributed by atoms with E-state index in [-0.39, 0.29) is 28.2 Å². The molecule has 7 nitrogen and oxygen atoms in total. The minimum atomic E-state index is -3.00. The van der Waals surface area contributed by atoms with Gasteiger partial charge in [-0.15, -0.1) is 11.3 Å². The summed E-state index contributed by atoms with van der Waals surface area (Å²) in [5, 5.41) is 2.06. The Bertz CT molecular complexity index is 1140. The second-order valence-corrected chi connectivity index (χ2v) is 6.65. The number of benzene rings is 1. The lowest BCUT2D eigenvalue weighted by Gasteiger charge is -2.10. The monoisotopic (exact) mass is 425 g/mol. The van der Waals surface area contributed by atoms with Crippen LogP contribution >= 0.6 is 22.9 Å². The molecule has 1 aliphatic heterocycles. The Morgan fingerprint density at radius 2 is 2.18 bits per heavy atom. The number of cyclic esters (lactones) is 1. The van der Waals surface area contributed by atoms with E-state index < -0.39 is 12.6 Å². The van der Waals surface area contributed by atoms with Gasteiger partial charge in [0.1, 0.15) is 0 Å². The van der Waals surface area contributed by atoms with Crippen molar-refractivity contribution in [2.75, 3.05) is 7.11 Å². The minimum Gasteiger partial charge on any atom is -0.493 e. The molecule has 0 spiro atoms. The van der Waals surface area contributed by atoms with E-state index in [1.54, 1.807) is 10.6 Å². The van der Waals surface area contributed by atoms with Crippen molar-refractivity contribution < 1.29 is 27.8 Å². The first-order valence-electron chi connectivity index (χ1n) is 7.73. The Morgan fingerprint density at radius 1 is 1.36 bits per heavy atom. The third kappa shape index (κ3) is 3.32. The second-order valence-electron chi connectivity index (χ2n) is 5.42. The maximum absolute atomic E-state index is 12.4. The van der Waals surface area contributed by atoms with Crippen LogP contribution < -0.4 is 9.47 Å². The van der Waals surface area contributed by atoms with Gasteiger partial charge in [-0.25, -0.2) is 14.8 Å². The molecule has 0 N–H and O–H groups in total. The van der Waals surface area contributed by atoms with Crippen molar-refractivity contribution in [3.05, 3.63) is 51.9 Å². The lowest BCUT2D eigenvalue weighted by molar-refractivity contribution is -0.129. The number of fused-ring (bicyclic) bond motifs is 1. The fourth-order valence-electron chi connectivity index (χ4n) is 2.56. The molecule has 1 aliphatic rings. The third-order valence-electron chi connectivity index (χ3n) is 3.77. The van der Waals surface area contributed by atoms with Gasteiger partial charge >= 0.3 is 12.6 Å². The highest BCUT2D eigenvalue weighted by atomic mass is 35.5. The van der Waals surface area contributed by atoms with Crippen LogP contribution in [0.15, 0.2) is 40.5 Å². The van der Waals surface area contributed by atoms with Crippen LogP contribution in [-0.2, 0) is 9.53 Å². The number of thiazole rings is 1. The van der Waals surface area contributed by atoms with Crippen LogP contribution in [0.4, 0.5) is 8.78 Å². The van der Waals surface area contributed by atoms with E-state index in [2.05, 4.69) is 14.7 Å². The molecule has 3 aromatic rings. The number of aliphatic imine (C=N–C) groups is 1. The summed E-state index contributed by atoms with van der Waals surface area (Å²) in [4.78, 5) is 21.2. The van der Waals surface area contributed by atoms with Gasteiger partial charge in [0.15, 0.2) is 27.3 Å². The maximum Gasteiger partial charge on any atom is 0.387 e. The molecule has 0 atom stereocenters. The molecule has 0 aliphatic carbocycles. The molecule has 0 radical (unpaired) electrons. The number of imidazole rings is 1. The lowest BCUT2D eigenvalue weighted by Crippen LogP contribution is -2.07. The first-order valence-corrected chi connectivity index (χ1v) is 8.99. The van der Waals surface area contributed by atoms with Crippen LogP contribution in [0.1, 0.15) is 11.3 Å². The highest BCUT2D eigenvalue weighted by molar-refractivity contribution is 7.15. The van der Waals surface area contributed by atoms with Crippen molar-refractivity contribution in [2.24, 2.45) is 4.99 Å². The molecule has 0 amide bonds. The number of methoxy groups -OCH3 is 1. The number of hydrogen-bond acceptors (Lipinski definition) is 7. The molecule has 3 heterocycles. The first-order chi connectivity index (χ1) is 13.5. The van der Waals surface area contributed by atoms with Gasteiger partial charge < -0.3 is 14.2 Å². The fraction of sp³-hybridized carbons (Fsp3) is 0.118. The molecule has 0 saturated carbocycles. The molecule has 0 saturated heterocycles. The Labute approximate surface area is 165 Å². The smallest absolute Gasteiger partial charge is 0.387 e. The van der Waals surface area contributed by atoms with Crippen molar-refractivity contribution in [2.45, 2.75) is 6.61 Å². The molecule has 0 unspecified atom stereocenters. The first kappa shape index (κ1) is 18.4. The van der Waals surface area contributed by atoms with Crippen molar-refractivity contribution in [1.82, 2.24) is 9.38 Å². The quantitative estimate of drug-likeness (QED) is 0.456. The second kappa shape index (κ2) is 7.21. The maximum atomic E-state index is 12.4. The summed E-state index contributed by atoms with van der Waals surface area (Å²) >= 11 is 7.52. The molecule has 28 heavy (non-hydrogen) atoms. The van der Waals surface area contributed by atoms with Crippen molar-refractivity contribution in [3.8, 4) is 11.5 Å². The SMILES string of the molecule is COc1cc(C2=N/C(=C/c3c(Cl)nc4sccn34)C(=O)O2)ccc1OC(F)F. The van der Waals surface area contributed by atoms with E-state index in [4.69, 9.17) is 21.1 Å². The third-order valence-corrected chi connectivity index (χ3v) is 4.81. The van der Waals surface area contributed by atoms with Gasteiger partial charge in [-0.05, 0) is 24.3 Å². The van der Waals surface area contributed by atoms with Crippen LogP contribution in [0, 0.1) is 0 Å². The van der Waals surface area contributed by atoms with Crippen LogP contribution in [0.25, 0.3) is 11.0 Å². The van der Waals surface area contributed by atoms with Gasteiger partial charge in [0.25, 0.3) is 0 Å². The van der Waals surface area contributed by atoms with Gasteiger partial charge in [-0.3, -0.25) is 4.40 Å². The average molecular weight is 426 g/mol. The average Bonchev–Trinajstić information content (AvgIpc) is 3.32. The topological polar surface area (TPSA) is 74.4 Å². The van der Waals surface area contributed by atoms with Gasteiger partial charge in [0.05, 0.1) is 12.8 Å². The number of hydrogen-bond donors (Lipinski definition) is 0. The van der Waals surface area contributed by atoms with Crippen molar-refractivity contribution >= 4 is 45.8 Å². The summed E-state index contributed by atoms with van der Waals surface area (Å²) in [6.07, 6.45) is 3.23. The molecule has 11 heteroatoms. The summed E-state index contributed by atoms with van der Waals surface area (Å²) in [7, 11) is 1.30. The van der Waals surface area contributed by atoms with E-state index in [0.29, 0.717) is 16.2 Å². The fourth-order valence-corrected chi connectivity index (χ4v) is 3.56. The Hall–Kier alpha value is -2.98. The molecule has 2 aromatic heterocycles. The summed E-state index contributed by atoms with van der Waals surface area (Å²) in [5.74, 6) is -0.774. The van der Waals surface area contributed by atoms with Gasteiger partial charge in [0, 0.05) is 17.1 Å². The molecule has 0 bridgehead atoms. The van der Waals surface area contributed by atoms with E-state index in [0.717, 1.165) is 0 Å². The van der Waals surface area contributed by atoms with Crippen LogP contribution in [0.2, 0.25) is 5.15 Å². The molecule has 144 valence electrons. The summed E-state index contributed by atoms with van der Waals surface area (Å²) in [5.41, 5.74) is 0.875. The summed E-state index contributed by atoms with van der Waals surface area (Å²) in [6.45, 7) is -3.00. The standard InChI is InChI=1S/C17H10ClF2N3O4S/c1-25-12-6-8(2-3-11(12)26-16(19)20)14-21-9(15(24)27-14)7-10-13(18)22-17-23(10)4-5-28-17/h2-7,16H,1H3/b9-7+. The van der Waals surface area contributed by atoms with Gasteiger partial charge in [0.2, 0.25) is 5.90 Å². The van der Waals surface area contributed by atoms with E-state index in [1.807, 2.05) is 5.38 Å². The Balaban J connectivity index is 1.69. The number of nitrogens with zero attached hydrogens (tertiary/aromatic N) is 3. The number of carbonyl (C=O) groups excluding carboxylic acids is 1. The van der Waals surface area contributed by atoms with Gasteiger partial charge in [-0.1, -0.05) is 11.6 Å². The zero-order valence-corrected chi connectivity index (χ0v) is 15.6. The zero-order chi connectivity index (χ0) is 19.8. The molecular weight excluding hydrogens is 416 g/mol. The number of aromatic nitrogens is 2. The molecular formula is C17H10ClF2N3O4S. The number of carbonyl (C=O) groups is 1. The lowest BCUT2D eigenvalue weighted by atomic mass is 10.2. The summed E-state index contributed by atoms with van der Waals surface area (Å²) < 4.78 is 41.2. The largest absolute Gasteiger partial charge is 0.493 e. The van der Waals surface area contributed by atoms with Crippen LogP contribution in [-0.4, -0.2) is 35.0 Å². The normalized spacial score (nSPS) is 15.4. The van der Waals surface area contributed by atoms with E-state index in [1.165, 1.54) is 42.7 Å². The highest BCUT2D eigenvalue weighted by Gasteiger charge is 2.26. The zero-order valence-electron chi connectivity index (χ0n) is 14.1. The highest BCUT2D eigenvalue weighted by Crippen LogP contribution is 2.31. The van der Waals surface area contributed by atoms with Crippen LogP contribution in [0.3, 0.4) is 0 Å². The Morgan fingerprint density at radius 3 is 2.93 bits per heavy atom. The van der Waals surface area contributed by atoms with Gasteiger partial charge in [-0.2, -0.15) is 8.78 Å². The number of halogens is 3. The number of rotatable bonds is 5. The Kier molecular flexibility index (Phi) is 4.73. The molecule has 1 aromatic carbocycles. The minimum absolute atomic E-state index is 0.000321. The molecule has 4 rings (SSSR count). The predicted molar refractivity (Wildman–Crippen MR) is 98.3 cm³/mol. The number of ether oxygens (including phenoxy) is 3. The number of alkyl halides is 2.